The van der Waals surface area contributed by atoms with E-state index in [-0.39, 0.29) is 6.04 Å². The summed E-state index contributed by atoms with van der Waals surface area (Å²) in [6.07, 6.45) is 3.12. The Morgan fingerprint density at radius 3 is 2.53 bits per heavy atom. The maximum Gasteiger partial charge on any atom is 0.0914 e. The van der Waals surface area contributed by atoms with Gasteiger partial charge in [0.05, 0.1) is 6.10 Å². The number of nitrogens with zero attached hydrogens (tertiary/aromatic N) is 1. The summed E-state index contributed by atoms with van der Waals surface area (Å²) in [5, 5.41) is 13.5. The first-order chi connectivity index (χ1) is 9.16. The van der Waals surface area contributed by atoms with Gasteiger partial charge in [-0.1, -0.05) is 35.9 Å². The molecule has 0 spiro atoms. The van der Waals surface area contributed by atoms with Crippen LogP contribution in [0.2, 0.25) is 0 Å². The van der Waals surface area contributed by atoms with E-state index in [1.807, 2.05) is 49.5 Å². The molecule has 0 amide bonds. The maximum atomic E-state index is 10.1. The normalized spacial score (nSPS) is 14.1. The molecule has 2 aromatic rings. The molecule has 2 atom stereocenters. The van der Waals surface area contributed by atoms with Gasteiger partial charge in [0, 0.05) is 25.0 Å². The molecule has 0 saturated heterocycles. The van der Waals surface area contributed by atoms with Crippen LogP contribution in [0.3, 0.4) is 0 Å². The zero-order chi connectivity index (χ0) is 13.7. The molecule has 0 aliphatic carbocycles. The number of rotatable bonds is 5. The number of benzene rings is 1. The molecular formula is C16H20N2O. The molecule has 0 radical (unpaired) electrons. The molecule has 0 aliphatic rings. The fourth-order valence-corrected chi connectivity index (χ4v) is 1.94. The SMILES string of the molecule is Cc1ccc(C(O)CNC(C)c2cccnc2)cc1. The highest BCUT2D eigenvalue weighted by Crippen LogP contribution is 2.15. The van der Waals surface area contributed by atoms with E-state index in [0.717, 1.165) is 11.1 Å². The molecule has 2 rings (SSSR count). The van der Waals surface area contributed by atoms with Crippen molar-refractivity contribution in [2.75, 3.05) is 6.54 Å². The maximum absolute atomic E-state index is 10.1. The van der Waals surface area contributed by atoms with Gasteiger partial charge in [0.1, 0.15) is 0 Å². The van der Waals surface area contributed by atoms with E-state index in [1.54, 1.807) is 6.20 Å². The molecule has 0 saturated carbocycles. The van der Waals surface area contributed by atoms with Crippen molar-refractivity contribution >= 4 is 0 Å². The van der Waals surface area contributed by atoms with E-state index in [9.17, 15) is 5.11 Å². The van der Waals surface area contributed by atoms with Gasteiger partial charge >= 0.3 is 0 Å². The van der Waals surface area contributed by atoms with Gasteiger partial charge in [-0.2, -0.15) is 0 Å². The first-order valence-electron chi connectivity index (χ1n) is 6.55. The highest BCUT2D eigenvalue weighted by Gasteiger charge is 2.10. The quantitative estimate of drug-likeness (QED) is 0.864. The number of aromatic nitrogens is 1. The Kier molecular flexibility index (Phi) is 4.66. The number of aryl methyl sites for hydroxylation is 1. The van der Waals surface area contributed by atoms with Gasteiger partial charge in [0.25, 0.3) is 0 Å². The second kappa shape index (κ2) is 6.45. The second-order valence-corrected chi connectivity index (χ2v) is 4.84. The molecule has 2 N–H and O–H groups in total. The molecule has 1 heterocycles. The molecule has 0 fully saturated rings. The average Bonchev–Trinajstić information content (AvgIpc) is 2.46. The lowest BCUT2D eigenvalue weighted by Crippen LogP contribution is -2.24. The third kappa shape index (κ3) is 3.88. The van der Waals surface area contributed by atoms with Crippen molar-refractivity contribution in [3.8, 4) is 0 Å². The molecule has 0 aliphatic heterocycles. The van der Waals surface area contributed by atoms with Gasteiger partial charge in [0.2, 0.25) is 0 Å². The number of pyridine rings is 1. The minimum atomic E-state index is -0.486. The minimum Gasteiger partial charge on any atom is -0.387 e. The van der Waals surface area contributed by atoms with Crippen LogP contribution in [0.25, 0.3) is 0 Å². The Bertz CT molecular complexity index is 496. The molecule has 19 heavy (non-hydrogen) atoms. The third-order valence-electron chi connectivity index (χ3n) is 3.26. The molecular weight excluding hydrogens is 236 g/mol. The number of nitrogens with one attached hydrogen (secondary N) is 1. The van der Waals surface area contributed by atoms with E-state index in [1.165, 1.54) is 5.56 Å². The standard InChI is InChI=1S/C16H20N2O/c1-12-5-7-14(8-6-12)16(19)11-18-13(2)15-4-3-9-17-10-15/h3-10,13,16,18-19H,11H2,1-2H3. The van der Waals surface area contributed by atoms with Crippen LogP contribution < -0.4 is 5.32 Å². The molecule has 100 valence electrons. The second-order valence-electron chi connectivity index (χ2n) is 4.84. The predicted octanol–water partition coefficient (Wildman–Crippen LogP) is 2.77. The van der Waals surface area contributed by atoms with Crippen LogP contribution in [-0.2, 0) is 0 Å². The molecule has 0 bridgehead atoms. The molecule has 2 unspecified atom stereocenters. The number of hydrogen-bond donors (Lipinski definition) is 2. The van der Waals surface area contributed by atoms with Gasteiger partial charge in [-0.3, -0.25) is 4.98 Å². The van der Waals surface area contributed by atoms with Crippen molar-refractivity contribution in [1.82, 2.24) is 10.3 Å². The van der Waals surface area contributed by atoms with E-state index >= 15 is 0 Å². The van der Waals surface area contributed by atoms with Crippen molar-refractivity contribution < 1.29 is 5.11 Å². The van der Waals surface area contributed by atoms with E-state index in [4.69, 9.17) is 0 Å². The van der Waals surface area contributed by atoms with Crippen LogP contribution in [0.15, 0.2) is 48.8 Å². The van der Waals surface area contributed by atoms with Crippen LogP contribution >= 0.6 is 0 Å². The highest BCUT2D eigenvalue weighted by atomic mass is 16.3. The van der Waals surface area contributed by atoms with Gasteiger partial charge < -0.3 is 10.4 Å². The molecule has 1 aromatic heterocycles. The summed E-state index contributed by atoms with van der Waals surface area (Å²) in [7, 11) is 0. The Labute approximate surface area is 114 Å². The summed E-state index contributed by atoms with van der Waals surface area (Å²) in [5.41, 5.74) is 3.27. The van der Waals surface area contributed by atoms with Crippen LogP contribution in [0.4, 0.5) is 0 Å². The lowest BCUT2D eigenvalue weighted by molar-refractivity contribution is 0.171. The van der Waals surface area contributed by atoms with Crippen molar-refractivity contribution in [3.05, 3.63) is 65.5 Å². The lowest BCUT2D eigenvalue weighted by Gasteiger charge is -2.17. The lowest BCUT2D eigenvalue weighted by atomic mass is 10.1. The number of aliphatic hydroxyl groups is 1. The summed E-state index contributed by atoms with van der Waals surface area (Å²) >= 11 is 0. The molecule has 3 nitrogen and oxygen atoms in total. The Hall–Kier alpha value is -1.71. The first-order valence-corrected chi connectivity index (χ1v) is 6.55. The van der Waals surface area contributed by atoms with Crippen LogP contribution in [0.5, 0.6) is 0 Å². The zero-order valence-corrected chi connectivity index (χ0v) is 11.4. The summed E-state index contributed by atoms with van der Waals surface area (Å²) < 4.78 is 0. The Balaban J connectivity index is 1.90. The molecule has 1 aromatic carbocycles. The van der Waals surface area contributed by atoms with Gasteiger partial charge in [0.15, 0.2) is 0 Å². The fourth-order valence-electron chi connectivity index (χ4n) is 1.94. The minimum absolute atomic E-state index is 0.175. The highest BCUT2D eigenvalue weighted by molar-refractivity contribution is 5.23. The smallest absolute Gasteiger partial charge is 0.0914 e. The van der Waals surface area contributed by atoms with E-state index in [2.05, 4.69) is 17.2 Å². The van der Waals surface area contributed by atoms with Gasteiger partial charge in [-0.05, 0) is 31.0 Å². The number of aliphatic hydroxyl groups excluding tert-OH is 1. The third-order valence-corrected chi connectivity index (χ3v) is 3.26. The van der Waals surface area contributed by atoms with E-state index in [0.29, 0.717) is 6.54 Å². The summed E-state index contributed by atoms with van der Waals surface area (Å²) in [6.45, 7) is 4.64. The van der Waals surface area contributed by atoms with Crippen LogP contribution in [0, 0.1) is 6.92 Å². The summed E-state index contributed by atoms with van der Waals surface area (Å²) in [6, 6.07) is 12.1. The fraction of sp³-hybridized carbons (Fsp3) is 0.312. The summed E-state index contributed by atoms with van der Waals surface area (Å²) in [4.78, 5) is 4.10. The van der Waals surface area contributed by atoms with Gasteiger partial charge in [-0.25, -0.2) is 0 Å². The monoisotopic (exact) mass is 256 g/mol. The van der Waals surface area contributed by atoms with Crippen LogP contribution in [-0.4, -0.2) is 16.6 Å². The molecule has 3 heteroatoms. The zero-order valence-electron chi connectivity index (χ0n) is 11.4. The van der Waals surface area contributed by atoms with Crippen molar-refractivity contribution in [1.29, 1.82) is 0 Å². The summed E-state index contributed by atoms with van der Waals surface area (Å²) in [5.74, 6) is 0. The average molecular weight is 256 g/mol. The van der Waals surface area contributed by atoms with E-state index < -0.39 is 6.10 Å². The van der Waals surface area contributed by atoms with Crippen LogP contribution in [0.1, 0.15) is 35.8 Å². The van der Waals surface area contributed by atoms with Crippen molar-refractivity contribution in [3.63, 3.8) is 0 Å². The first kappa shape index (κ1) is 13.7. The van der Waals surface area contributed by atoms with Crippen molar-refractivity contribution in [2.45, 2.75) is 26.0 Å². The predicted molar refractivity (Wildman–Crippen MR) is 76.8 cm³/mol. The van der Waals surface area contributed by atoms with Gasteiger partial charge in [-0.15, -0.1) is 0 Å². The largest absolute Gasteiger partial charge is 0.387 e. The number of hydrogen-bond acceptors (Lipinski definition) is 3. The Morgan fingerprint density at radius 2 is 1.89 bits per heavy atom. The topological polar surface area (TPSA) is 45.1 Å². The Morgan fingerprint density at radius 1 is 1.16 bits per heavy atom. The van der Waals surface area contributed by atoms with Crippen molar-refractivity contribution in [2.24, 2.45) is 0 Å².